The molecular formula is C8H15NOS. The van der Waals surface area contributed by atoms with Crippen LogP contribution in [0.15, 0.2) is 0 Å². The third kappa shape index (κ3) is 2.12. The lowest BCUT2D eigenvalue weighted by Gasteiger charge is -2.25. The molecule has 0 unspecified atom stereocenters. The smallest absolute Gasteiger partial charge is 0.207 e. The molecule has 0 aromatic carbocycles. The fraction of sp³-hybridized carbons (Fsp3) is 0.875. The lowest BCUT2D eigenvalue weighted by atomic mass is 10.1. The van der Waals surface area contributed by atoms with E-state index in [0.29, 0.717) is 4.75 Å². The molecule has 1 N–H and O–H groups in total. The summed E-state index contributed by atoms with van der Waals surface area (Å²) >= 11 is 1.90. The highest BCUT2D eigenvalue weighted by atomic mass is 32.2. The molecule has 0 aromatic rings. The van der Waals surface area contributed by atoms with Crippen LogP contribution >= 0.6 is 11.8 Å². The van der Waals surface area contributed by atoms with Gasteiger partial charge in [0.15, 0.2) is 0 Å². The zero-order valence-electron chi connectivity index (χ0n) is 6.93. The second-order valence-electron chi connectivity index (χ2n) is 3.09. The van der Waals surface area contributed by atoms with Crippen molar-refractivity contribution in [3.05, 3.63) is 0 Å². The average Bonchev–Trinajstić information content (AvgIpc) is 2.50. The molecule has 3 heteroatoms. The molecular weight excluding hydrogens is 158 g/mol. The summed E-state index contributed by atoms with van der Waals surface area (Å²) in [5.41, 5.74) is 0. The summed E-state index contributed by atoms with van der Waals surface area (Å²) in [6.45, 7) is 0.845. The zero-order chi connectivity index (χ0) is 8.16. The second kappa shape index (κ2) is 4.00. The summed E-state index contributed by atoms with van der Waals surface area (Å²) in [5, 5.41) is 2.78. The van der Waals surface area contributed by atoms with Crippen LogP contribution in [0.4, 0.5) is 0 Å². The van der Waals surface area contributed by atoms with Gasteiger partial charge in [-0.05, 0) is 19.1 Å². The standard InChI is InChI=1S/C8H15NOS/c1-11-8(6-9-7-10)4-2-3-5-8/h7H,2-6H2,1H3,(H,9,10). The molecule has 1 aliphatic carbocycles. The molecule has 1 aliphatic rings. The van der Waals surface area contributed by atoms with Crippen molar-refractivity contribution in [2.24, 2.45) is 0 Å². The van der Waals surface area contributed by atoms with Crippen LogP contribution in [0.2, 0.25) is 0 Å². The highest BCUT2D eigenvalue weighted by Crippen LogP contribution is 2.39. The third-order valence-electron chi connectivity index (χ3n) is 2.46. The van der Waals surface area contributed by atoms with E-state index in [9.17, 15) is 4.79 Å². The van der Waals surface area contributed by atoms with Crippen molar-refractivity contribution in [3.63, 3.8) is 0 Å². The molecule has 0 aromatic heterocycles. The van der Waals surface area contributed by atoms with Gasteiger partial charge in [0.2, 0.25) is 6.41 Å². The van der Waals surface area contributed by atoms with E-state index >= 15 is 0 Å². The molecule has 2 nitrogen and oxygen atoms in total. The maximum absolute atomic E-state index is 10.1. The number of hydrogen-bond donors (Lipinski definition) is 1. The summed E-state index contributed by atoms with van der Waals surface area (Å²) in [7, 11) is 0. The molecule has 0 spiro atoms. The predicted octanol–water partition coefficient (Wildman–Crippen LogP) is 1.41. The minimum absolute atomic E-state index is 0.362. The first kappa shape index (κ1) is 8.91. The van der Waals surface area contributed by atoms with Gasteiger partial charge in [0.1, 0.15) is 0 Å². The van der Waals surface area contributed by atoms with Crippen molar-refractivity contribution in [2.75, 3.05) is 12.8 Å². The molecule has 11 heavy (non-hydrogen) atoms. The van der Waals surface area contributed by atoms with E-state index in [0.717, 1.165) is 13.0 Å². The van der Waals surface area contributed by atoms with Gasteiger partial charge in [-0.1, -0.05) is 12.8 Å². The van der Waals surface area contributed by atoms with Gasteiger partial charge in [0, 0.05) is 11.3 Å². The van der Waals surface area contributed by atoms with Gasteiger partial charge in [-0.25, -0.2) is 0 Å². The summed E-state index contributed by atoms with van der Waals surface area (Å²) in [5.74, 6) is 0. The Labute approximate surface area is 72.1 Å². The monoisotopic (exact) mass is 173 g/mol. The van der Waals surface area contributed by atoms with E-state index < -0.39 is 0 Å². The van der Waals surface area contributed by atoms with Crippen molar-refractivity contribution in [3.8, 4) is 0 Å². The van der Waals surface area contributed by atoms with Crippen LogP contribution in [0.5, 0.6) is 0 Å². The lowest BCUT2D eigenvalue weighted by molar-refractivity contribution is -0.109. The Balaban J connectivity index is 2.38. The van der Waals surface area contributed by atoms with Crippen molar-refractivity contribution in [1.82, 2.24) is 5.32 Å². The maximum atomic E-state index is 10.1. The van der Waals surface area contributed by atoms with E-state index in [1.54, 1.807) is 0 Å². The van der Waals surface area contributed by atoms with Crippen molar-refractivity contribution < 1.29 is 4.79 Å². The SMILES string of the molecule is CSC1(CNC=O)CCCC1. The quantitative estimate of drug-likeness (QED) is 0.651. The van der Waals surface area contributed by atoms with Gasteiger partial charge >= 0.3 is 0 Å². The van der Waals surface area contributed by atoms with Gasteiger partial charge < -0.3 is 5.32 Å². The molecule has 1 rings (SSSR count). The first-order valence-corrected chi connectivity index (χ1v) is 5.28. The van der Waals surface area contributed by atoms with Crippen LogP contribution in [0.25, 0.3) is 0 Å². The Hall–Kier alpha value is -0.180. The molecule has 0 saturated heterocycles. The molecule has 0 radical (unpaired) electrons. The number of rotatable bonds is 4. The Kier molecular flexibility index (Phi) is 3.24. The van der Waals surface area contributed by atoms with E-state index in [-0.39, 0.29) is 0 Å². The van der Waals surface area contributed by atoms with Gasteiger partial charge in [-0.3, -0.25) is 4.79 Å². The fourth-order valence-electron chi connectivity index (χ4n) is 1.70. The molecule has 1 saturated carbocycles. The Bertz CT molecular complexity index is 132. The number of nitrogens with one attached hydrogen (secondary N) is 1. The topological polar surface area (TPSA) is 29.1 Å². The molecule has 1 fully saturated rings. The largest absolute Gasteiger partial charge is 0.357 e. The molecule has 64 valence electrons. The summed E-state index contributed by atoms with van der Waals surface area (Å²) in [6, 6.07) is 0. The number of carbonyl (C=O) groups excluding carboxylic acids is 1. The number of carbonyl (C=O) groups is 1. The van der Waals surface area contributed by atoms with Crippen LogP contribution < -0.4 is 5.32 Å². The lowest BCUT2D eigenvalue weighted by Crippen LogP contribution is -2.34. The first-order valence-electron chi connectivity index (χ1n) is 4.05. The van der Waals surface area contributed by atoms with Crippen molar-refractivity contribution in [2.45, 2.75) is 30.4 Å². The van der Waals surface area contributed by atoms with Crippen LogP contribution in [-0.4, -0.2) is 24.0 Å². The van der Waals surface area contributed by atoms with Gasteiger partial charge in [-0.2, -0.15) is 11.8 Å². The minimum Gasteiger partial charge on any atom is -0.357 e. The number of hydrogen-bond acceptors (Lipinski definition) is 2. The molecule has 1 amide bonds. The normalized spacial score (nSPS) is 21.5. The fourth-order valence-corrected chi connectivity index (χ4v) is 2.62. The second-order valence-corrected chi connectivity index (χ2v) is 4.37. The third-order valence-corrected chi connectivity index (χ3v) is 3.87. The molecule has 0 atom stereocenters. The van der Waals surface area contributed by atoms with Crippen molar-refractivity contribution >= 4 is 18.2 Å². The van der Waals surface area contributed by atoms with Crippen LogP contribution in [-0.2, 0) is 4.79 Å². The summed E-state index contributed by atoms with van der Waals surface area (Å²) in [4.78, 5) is 10.1. The number of amides is 1. The van der Waals surface area contributed by atoms with E-state index in [1.807, 2.05) is 11.8 Å². The van der Waals surface area contributed by atoms with E-state index in [1.165, 1.54) is 25.7 Å². The average molecular weight is 173 g/mol. The highest BCUT2D eigenvalue weighted by molar-refractivity contribution is 8.00. The van der Waals surface area contributed by atoms with Gasteiger partial charge in [0.05, 0.1) is 0 Å². The Morgan fingerprint density at radius 3 is 2.64 bits per heavy atom. The molecule has 0 aliphatic heterocycles. The summed E-state index contributed by atoms with van der Waals surface area (Å²) < 4.78 is 0.362. The van der Waals surface area contributed by atoms with E-state index in [2.05, 4.69) is 11.6 Å². The summed E-state index contributed by atoms with van der Waals surface area (Å²) in [6.07, 6.45) is 8.10. The highest BCUT2D eigenvalue weighted by Gasteiger charge is 2.32. The number of thioether (sulfide) groups is 1. The minimum atomic E-state index is 0.362. The van der Waals surface area contributed by atoms with Crippen molar-refractivity contribution in [1.29, 1.82) is 0 Å². The molecule has 0 bridgehead atoms. The zero-order valence-corrected chi connectivity index (χ0v) is 7.75. The maximum Gasteiger partial charge on any atom is 0.207 e. The molecule has 0 heterocycles. The van der Waals surface area contributed by atoms with Gasteiger partial charge in [0.25, 0.3) is 0 Å². The van der Waals surface area contributed by atoms with Crippen LogP contribution in [0.1, 0.15) is 25.7 Å². The first-order chi connectivity index (χ1) is 5.33. The Morgan fingerprint density at radius 2 is 2.18 bits per heavy atom. The van der Waals surface area contributed by atoms with Crippen LogP contribution in [0.3, 0.4) is 0 Å². The Morgan fingerprint density at radius 1 is 1.55 bits per heavy atom. The van der Waals surface area contributed by atoms with Crippen LogP contribution in [0, 0.1) is 0 Å². The predicted molar refractivity (Wildman–Crippen MR) is 48.8 cm³/mol. The van der Waals surface area contributed by atoms with E-state index in [4.69, 9.17) is 0 Å². The van der Waals surface area contributed by atoms with Gasteiger partial charge in [-0.15, -0.1) is 0 Å².